The number of aliphatic hydroxyl groups is 1. The van der Waals surface area contributed by atoms with Crippen molar-refractivity contribution in [3.05, 3.63) is 28.7 Å². The lowest BCUT2D eigenvalue weighted by Gasteiger charge is -2.49. The summed E-state index contributed by atoms with van der Waals surface area (Å²) in [6, 6.07) is 8.54. The fourth-order valence-electron chi connectivity index (χ4n) is 3.09. The van der Waals surface area contributed by atoms with E-state index in [1.165, 1.54) is 18.5 Å². The molecule has 2 rings (SSSR count). The predicted octanol–water partition coefficient (Wildman–Crippen LogP) is 3.83. The van der Waals surface area contributed by atoms with Crippen molar-refractivity contribution in [3.8, 4) is 0 Å². The first-order valence-corrected chi connectivity index (χ1v) is 7.49. The lowest BCUT2D eigenvalue weighted by molar-refractivity contribution is 0.176. The Kier molecular flexibility index (Phi) is 4.33. The molecule has 2 nitrogen and oxygen atoms in total. The molecule has 0 aromatic heterocycles. The van der Waals surface area contributed by atoms with Gasteiger partial charge in [0, 0.05) is 28.9 Å². The normalized spacial score (nSPS) is 23.1. The fraction of sp³-hybridized carbons (Fsp3) is 0.600. The van der Waals surface area contributed by atoms with Gasteiger partial charge in [-0.25, -0.2) is 0 Å². The third-order valence-electron chi connectivity index (χ3n) is 4.24. The van der Waals surface area contributed by atoms with Crippen LogP contribution in [0.2, 0.25) is 0 Å². The van der Waals surface area contributed by atoms with Gasteiger partial charge in [-0.15, -0.1) is 0 Å². The molecule has 1 aliphatic heterocycles. The molecule has 1 unspecified atom stereocenters. The van der Waals surface area contributed by atoms with E-state index >= 15 is 0 Å². The Bertz CT molecular complexity index is 386. The zero-order valence-corrected chi connectivity index (χ0v) is 12.8. The van der Waals surface area contributed by atoms with Crippen LogP contribution in [0, 0.1) is 5.92 Å². The third kappa shape index (κ3) is 2.72. The molecular formula is C15H22BrNO. The molecule has 1 aliphatic rings. The highest BCUT2D eigenvalue weighted by molar-refractivity contribution is 9.10. The highest BCUT2D eigenvalue weighted by Crippen LogP contribution is 2.38. The van der Waals surface area contributed by atoms with Crippen molar-refractivity contribution in [2.45, 2.75) is 38.6 Å². The summed E-state index contributed by atoms with van der Waals surface area (Å²) in [4.78, 5) is 2.49. The predicted molar refractivity (Wildman–Crippen MR) is 80.0 cm³/mol. The number of halogens is 1. The molecule has 1 atom stereocenters. The maximum absolute atomic E-state index is 9.22. The molecule has 1 aromatic carbocycles. The van der Waals surface area contributed by atoms with Gasteiger partial charge in [-0.3, -0.25) is 0 Å². The van der Waals surface area contributed by atoms with Crippen LogP contribution in [0.3, 0.4) is 0 Å². The number of nitrogens with zero attached hydrogens (tertiary/aromatic N) is 1. The number of aliphatic hydroxyl groups excluding tert-OH is 1. The van der Waals surface area contributed by atoms with E-state index in [-0.39, 0.29) is 5.54 Å². The van der Waals surface area contributed by atoms with Gasteiger partial charge >= 0.3 is 0 Å². The Hall–Kier alpha value is -0.540. The zero-order valence-electron chi connectivity index (χ0n) is 11.2. The summed E-state index contributed by atoms with van der Waals surface area (Å²) in [5, 5.41) is 9.22. The lowest BCUT2D eigenvalue weighted by atomic mass is 9.77. The summed E-state index contributed by atoms with van der Waals surface area (Å²) >= 11 is 3.48. The molecule has 0 bridgehead atoms. The fourth-order valence-corrected chi connectivity index (χ4v) is 3.36. The van der Waals surface area contributed by atoms with Gasteiger partial charge in [-0.1, -0.05) is 15.9 Å². The van der Waals surface area contributed by atoms with Crippen molar-refractivity contribution < 1.29 is 5.11 Å². The van der Waals surface area contributed by atoms with Crippen molar-refractivity contribution in [1.82, 2.24) is 0 Å². The SMILES string of the molecule is CC1(C)C(CCO)CCCN1c1ccc(Br)cc1. The van der Waals surface area contributed by atoms with Crippen molar-refractivity contribution in [3.63, 3.8) is 0 Å². The highest BCUT2D eigenvalue weighted by Gasteiger charge is 2.37. The zero-order chi connectivity index (χ0) is 13.2. The Labute approximate surface area is 118 Å². The number of anilines is 1. The van der Waals surface area contributed by atoms with Gasteiger partial charge in [0.15, 0.2) is 0 Å². The van der Waals surface area contributed by atoms with Gasteiger partial charge in [-0.2, -0.15) is 0 Å². The minimum Gasteiger partial charge on any atom is -0.396 e. The Balaban J connectivity index is 2.23. The maximum Gasteiger partial charge on any atom is 0.0434 e. The average molecular weight is 312 g/mol. The smallest absolute Gasteiger partial charge is 0.0434 e. The van der Waals surface area contributed by atoms with Crippen LogP contribution >= 0.6 is 15.9 Å². The lowest BCUT2D eigenvalue weighted by Crippen LogP contribution is -2.53. The van der Waals surface area contributed by atoms with E-state index in [0.717, 1.165) is 17.4 Å². The molecule has 1 aromatic rings. The molecule has 18 heavy (non-hydrogen) atoms. The van der Waals surface area contributed by atoms with Crippen LogP contribution in [0.1, 0.15) is 33.1 Å². The Morgan fingerprint density at radius 2 is 2.00 bits per heavy atom. The van der Waals surface area contributed by atoms with Crippen LogP contribution in [0.15, 0.2) is 28.7 Å². The van der Waals surface area contributed by atoms with E-state index in [1.54, 1.807) is 0 Å². The van der Waals surface area contributed by atoms with E-state index in [9.17, 15) is 5.11 Å². The van der Waals surface area contributed by atoms with Gasteiger partial charge in [0.05, 0.1) is 0 Å². The van der Waals surface area contributed by atoms with E-state index in [4.69, 9.17) is 0 Å². The summed E-state index contributed by atoms with van der Waals surface area (Å²) < 4.78 is 1.12. The van der Waals surface area contributed by atoms with Crippen molar-refractivity contribution >= 4 is 21.6 Å². The first kappa shape index (κ1) is 13.9. The van der Waals surface area contributed by atoms with Gasteiger partial charge < -0.3 is 10.0 Å². The van der Waals surface area contributed by atoms with E-state index in [1.807, 2.05) is 0 Å². The Morgan fingerprint density at radius 1 is 1.33 bits per heavy atom. The molecule has 1 N–H and O–H groups in total. The molecular weight excluding hydrogens is 290 g/mol. The van der Waals surface area contributed by atoms with Gasteiger partial charge in [0.2, 0.25) is 0 Å². The van der Waals surface area contributed by atoms with Crippen molar-refractivity contribution in [2.24, 2.45) is 5.92 Å². The molecule has 0 saturated carbocycles. The minimum atomic E-state index is 0.120. The summed E-state index contributed by atoms with van der Waals surface area (Å²) in [6.45, 7) is 6.00. The summed E-state index contributed by atoms with van der Waals surface area (Å²) in [5.74, 6) is 0.569. The molecule has 3 heteroatoms. The molecule has 1 saturated heterocycles. The molecule has 0 radical (unpaired) electrons. The second-order valence-corrected chi connectivity index (χ2v) is 6.55. The second kappa shape index (κ2) is 5.62. The standard InChI is InChI=1S/C15H22BrNO/c1-15(2)12(9-11-18)4-3-10-17(15)14-7-5-13(16)6-8-14/h5-8,12,18H,3-4,9-11H2,1-2H3. The number of piperidine rings is 1. The molecule has 0 aliphatic carbocycles. The minimum absolute atomic E-state index is 0.120. The van der Waals surface area contributed by atoms with Gasteiger partial charge in [0.1, 0.15) is 0 Å². The topological polar surface area (TPSA) is 23.5 Å². The molecule has 1 heterocycles. The van der Waals surface area contributed by atoms with E-state index in [0.29, 0.717) is 12.5 Å². The van der Waals surface area contributed by atoms with Gasteiger partial charge in [0.25, 0.3) is 0 Å². The van der Waals surface area contributed by atoms with Crippen LogP contribution in [-0.4, -0.2) is 23.8 Å². The molecule has 0 spiro atoms. The first-order chi connectivity index (χ1) is 8.55. The van der Waals surface area contributed by atoms with Gasteiger partial charge in [-0.05, 0) is 63.3 Å². The van der Waals surface area contributed by atoms with Crippen LogP contribution < -0.4 is 4.90 Å². The summed E-state index contributed by atoms with van der Waals surface area (Å²) in [6.07, 6.45) is 3.34. The maximum atomic E-state index is 9.22. The van der Waals surface area contributed by atoms with Crippen molar-refractivity contribution in [1.29, 1.82) is 0 Å². The third-order valence-corrected chi connectivity index (χ3v) is 4.77. The number of hydrogen-bond donors (Lipinski definition) is 1. The highest BCUT2D eigenvalue weighted by atomic mass is 79.9. The van der Waals surface area contributed by atoms with Crippen molar-refractivity contribution in [2.75, 3.05) is 18.1 Å². The summed E-state index contributed by atoms with van der Waals surface area (Å²) in [7, 11) is 0. The van der Waals surface area contributed by atoms with E-state index < -0.39 is 0 Å². The van der Waals surface area contributed by atoms with Crippen LogP contribution in [-0.2, 0) is 0 Å². The number of benzene rings is 1. The number of rotatable bonds is 3. The molecule has 0 amide bonds. The van der Waals surface area contributed by atoms with Crippen LogP contribution in [0.4, 0.5) is 5.69 Å². The van der Waals surface area contributed by atoms with Crippen LogP contribution in [0.5, 0.6) is 0 Å². The monoisotopic (exact) mass is 311 g/mol. The largest absolute Gasteiger partial charge is 0.396 e. The summed E-state index contributed by atoms with van der Waals surface area (Å²) in [5.41, 5.74) is 1.40. The van der Waals surface area contributed by atoms with Crippen LogP contribution in [0.25, 0.3) is 0 Å². The quantitative estimate of drug-likeness (QED) is 0.917. The molecule has 1 fully saturated rings. The average Bonchev–Trinajstić information content (AvgIpc) is 2.33. The second-order valence-electron chi connectivity index (χ2n) is 5.63. The van der Waals surface area contributed by atoms with E-state index in [2.05, 4.69) is 58.9 Å². The Morgan fingerprint density at radius 3 is 2.61 bits per heavy atom. The number of hydrogen-bond acceptors (Lipinski definition) is 2. The molecule has 100 valence electrons. The first-order valence-electron chi connectivity index (χ1n) is 6.70.